The second kappa shape index (κ2) is 7.28. The Kier molecular flexibility index (Phi) is 6.48. The lowest BCUT2D eigenvalue weighted by Gasteiger charge is -2.26. The Labute approximate surface area is 130 Å². The first-order chi connectivity index (χ1) is 9.60. The molecule has 0 aliphatic rings. The Morgan fingerprint density at radius 1 is 1.48 bits per heavy atom. The number of aliphatic hydroxyl groups excluding tert-OH is 1. The lowest BCUT2D eigenvalue weighted by molar-refractivity contribution is -0.147. The number of aliphatic hydroxyl groups is 1. The van der Waals surface area contributed by atoms with Gasteiger partial charge in [0.05, 0.1) is 11.6 Å². The molecule has 122 valence electrons. The molecule has 2 atom stereocenters. The van der Waals surface area contributed by atoms with E-state index >= 15 is 0 Å². The van der Waals surface area contributed by atoms with Gasteiger partial charge in [0.15, 0.2) is 4.21 Å². The molecule has 21 heavy (non-hydrogen) atoms. The number of alkyl halides is 3. The molecule has 0 amide bonds. The van der Waals surface area contributed by atoms with Gasteiger partial charge in [0, 0.05) is 12.5 Å². The van der Waals surface area contributed by atoms with E-state index in [-0.39, 0.29) is 15.7 Å². The van der Waals surface area contributed by atoms with Crippen LogP contribution in [0.5, 0.6) is 0 Å². The first-order valence-electron chi connectivity index (χ1n) is 6.03. The van der Waals surface area contributed by atoms with Crippen molar-refractivity contribution in [3.05, 3.63) is 16.5 Å². The zero-order valence-corrected chi connectivity index (χ0v) is 13.4. The lowest BCUT2D eigenvalue weighted by atomic mass is 9.94. The van der Waals surface area contributed by atoms with Crippen LogP contribution in [0, 0.1) is 5.92 Å². The van der Waals surface area contributed by atoms with Crippen molar-refractivity contribution in [2.75, 3.05) is 6.61 Å². The van der Waals surface area contributed by atoms with E-state index in [2.05, 4.69) is 4.72 Å². The topological polar surface area (TPSA) is 66.4 Å². The molecule has 0 aliphatic carbocycles. The van der Waals surface area contributed by atoms with Crippen molar-refractivity contribution in [2.24, 2.45) is 5.92 Å². The first kappa shape index (κ1) is 18.7. The summed E-state index contributed by atoms with van der Waals surface area (Å²) in [5.41, 5.74) is 0. The van der Waals surface area contributed by atoms with Gasteiger partial charge in [-0.25, -0.2) is 13.1 Å². The summed E-state index contributed by atoms with van der Waals surface area (Å²) < 4.78 is 63.6. The smallest absolute Gasteiger partial charge is 0.389 e. The molecule has 0 saturated carbocycles. The fraction of sp³-hybridized carbons (Fsp3) is 0.636. The average molecular weight is 366 g/mol. The highest BCUT2D eigenvalue weighted by atomic mass is 35.5. The number of halogens is 4. The molecule has 2 N–H and O–H groups in total. The van der Waals surface area contributed by atoms with Crippen LogP contribution in [0.25, 0.3) is 0 Å². The molecular weight excluding hydrogens is 351 g/mol. The molecule has 0 bridgehead atoms. The Balaban J connectivity index is 2.93. The van der Waals surface area contributed by atoms with Crippen LogP contribution in [-0.2, 0) is 10.0 Å². The van der Waals surface area contributed by atoms with Crippen molar-refractivity contribution in [1.82, 2.24) is 4.72 Å². The molecule has 0 saturated heterocycles. The maximum Gasteiger partial charge on any atom is 0.389 e. The van der Waals surface area contributed by atoms with E-state index in [0.29, 0.717) is 0 Å². The second-order valence-corrected chi connectivity index (χ2v) is 7.69. The van der Waals surface area contributed by atoms with Crippen molar-refractivity contribution in [2.45, 2.75) is 36.2 Å². The van der Waals surface area contributed by atoms with Crippen LogP contribution in [0.3, 0.4) is 0 Å². The number of nitrogens with one attached hydrogen (secondary N) is 1. The number of thiophene rings is 1. The molecule has 4 nitrogen and oxygen atoms in total. The summed E-state index contributed by atoms with van der Waals surface area (Å²) in [5, 5.41) is 10.7. The molecule has 0 spiro atoms. The fourth-order valence-corrected chi connectivity index (χ4v) is 4.87. The maximum absolute atomic E-state index is 12.5. The standard InChI is InChI=1S/C11H15ClF3NO3S2/c1-2-7(5-11(13,14)15)9(6-17)16-21(18,19)10-8(12)3-4-20-10/h3-4,7,9,16-17H,2,5-6H2,1H3/t7-,9-/m1/s1. The Morgan fingerprint density at radius 3 is 2.48 bits per heavy atom. The van der Waals surface area contributed by atoms with Crippen LogP contribution in [0.15, 0.2) is 15.7 Å². The zero-order chi connectivity index (χ0) is 16.3. The minimum Gasteiger partial charge on any atom is -0.395 e. The van der Waals surface area contributed by atoms with Gasteiger partial charge in [0.2, 0.25) is 0 Å². The third kappa shape index (κ3) is 5.41. The Bertz CT molecular complexity index is 559. The van der Waals surface area contributed by atoms with Crippen LogP contribution >= 0.6 is 22.9 Å². The van der Waals surface area contributed by atoms with E-state index in [1.807, 2.05) is 0 Å². The number of sulfonamides is 1. The molecule has 0 radical (unpaired) electrons. The van der Waals surface area contributed by atoms with E-state index in [4.69, 9.17) is 11.6 Å². The van der Waals surface area contributed by atoms with Gasteiger partial charge in [-0.1, -0.05) is 24.9 Å². The molecule has 10 heteroatoms. The zero-order valence-electron chi connectivity index (χ0n) is 11.0. The predicted molar refractivity (Wildman–Crippen MR) is 75.0 cm³/mol. The van der Waals surface area contributed by atoms with E-state index in [1.54, 1.807) is 0 Å². The predicted octanol–water partition coefficient (Wildman–Crippen LogP) is 3.02. The van der Waals surface area contributed by atoms with Gasteiger partial charge in [-0.3, -0.25) is 0 Å². The summed E-state index contributed by atoms with van der Waals surface area (Å²) in [4.78, 5) is 0. The lowest BCUT2D eigenvalue weighted by Crippen LogP contribution is -2.43. The van der Waals surface area contributed by atoms with Crippen molar-refractivity contribution in [1.29, 1.82) is 0 Å². The SMILES string of the molecule is CC[C@H](CC(F)(F)F)[C@@H](CO)NS(=O)(=O)c1sccc1Cl. The fourth-order valence-electron chi connectivity index (χ4n) is 1.88. The molecule has 0 fully saturated rings. The molecule has 1 heterocycles. The highest BCUT2D eigenvalue weighted by Crippen LogP contribution is 2.31. The summed E-state index contributed by atoms with van der Waals surface area (Å²) >= 11 is 6.57. The molecule has 0 unspecified atom stereocenters. The van der Waals surface area contributed by atoms with E-state index in [9.17, 15) is 26.7 Å². The largest absolute Gasteiger partial charge is 0.395 e. The van der Waals surface area contributed by atoms with Gasteiger partial charge in [-0.15, -0.1) is 11.3 Å². The molecule has 0 aromatic carbocycles. The summed E-state index contributed by atoms with van der Waals surface area (Å²) in [5.74, 6) is -1.05. The molecule has 1 rings (SSSR count). The second-order valence-electron chi connectivity index (χ2n) is 4.45. The summed E-state index contributed by atoms with van der Waals surface area (Å²) in [6.07, 6.45) is -5.53. The van der Waals surface area contributed by atoms with Crippen LogP contribution in [0.1, 0.15) is 19.8 Å². The van der Waals surface area contributed by atoms with Crippen molar-refractivity contribution in [3.63, 3.8) is 0 Å². The minimum absolute atomic E-state index is 0.00643. The molecule has 0 aliphatic heterocycles. The number of rotatable bonds is 7. The molecular formula is C11H15ClF3NO3S2. The third-order valence-electron chi connectivity index (χ3n) is 2.92. The van der Waals surface area contributed by atoms with Gasteiger partial charge in [0.1, 0.15) is 0 Å². The minimum atomic E-state index is -4.43. The Morgan fingerprint density at radius 2 is 2.10 bits per heavy atom. The van der Waals surface area contributed by atoms with Crippen molar-refractivity contribution >= 4 is 33.0 Å². The van der Waals surface area contributed by atoms with Crippen LogP contribution in [0.2, 0.25) is 5.02 Å². The van der Waals surface area contributed by atoms with Gasteiger partial charge in [-0.05, 0) is 17.4 Å². The van der Waals surface area contributed by atoms with Crippen LogP contribution in [0.4, 0.5) is 13.2 Å². The van der Waals surface area contributed by atoms with E-state index in [1.165, 1.54) is 18.4 Å². The van der Waals surface area contributed by atoms with Crippen molar-refractivity contribution in [3.8, 4) is 0 Å². The van der Waals surface area contributed by atoms with Crippen molar-refractivity contribution < 1.29 is 26.7 Å². The third-order valence-corrected chi connectivity index (χ3v) is 6.43. The quantitative estimate of drug-likeness (QED) is 0.780. The summed E-state index contributed by atoms with van der Waals surface area (Å²) in [6, 6.07) is 0.154. The summed E-state index contributed by atoms with van der Waals surface area (Å²) in [7, 11) is -4.06. The summed E-state index contributed by atoms with van der Waals surface area (Å²) in [6.45, 7) is 0.780. The Hall–Kier alpha value is -0.350. The van der Waals surface area contributed by atoms with Gasteiger partial charge >= 0.3 is 6.18 Å². The maximum atomic E-state index is 12.5. The highest BCUT2D eigenvalue weighted by molar-refractivity contribution is 7.91. The molecule has 1 aromatic rings. The van der Waals surface area contributed by atoms with Gasteiger partial charge < -0.3 is 5.11 Å². The highest BCUT2D eigenvalue weighted by Gasteiger charge is 2.36. The first-order valence-corrected chi connectivity index (χ1v) is 8.77. The van der Waals surface area contributed by atoms with Crippen LogP contribution < -0.4 is 4.72 Å². The van der Waals surface area contributed by atoms with E-state index in [0.717, 1.165) is 11.3 Å². The average Bonchev–Trinajstić information content (AvgIpc) is 2.79. The normalized spacial score (nSPS) is 15.9. The number of hydrogen-bond acceptors (Lipinski definition) is 4. The molecule has 1 aromatic heterocycles. The van der Waals surface area contributed by atoms with E-state index < -0.39 is 41.2 Å². The number of hydrogen-bond donors (Lipinski definition) is 2. The monoisotopic (exact) mass is 365 g/mol. The van der Waals surface area contributed by atoms with Gasteiger partial charge in [0.25, 0.3) is 10.0 Å². The van der Waals surface area contributed by atoms with Crippen LogP contribution in [-0.4, -0.2) is 32.3 Å². The van der Waals surface area contributed by atoms with Gasteiger partial charge in [-0.2, -0.15) is 13.2 Å².